The number of carbonyl (C=O) groups excluding carboxylic acids is 6. The Hall–Kier alpha value is -4.22. The lowest BCUT2D eigenvalue weighted by Gasteiger charge is -2.35. The molecule has 2 aliphatic rings. The zero-order chi connectivity index (χ0) is 37.1. The van der Waals surface area contributed by atoms with Gasteiger partial charge in [-0.15, -0.1) is 0 Å². The van der Waals surface area contributed by atoms with Crippen LogP contribution in [0, 0.1) is 17.8 Å². The van der Waals surface area contributed by atoms with Crippen LogP contribution in [0.5, 0.6) is 0 Å². The Bertz CT molecular complexity index is 1390. The molecule has 0 bridgehead atoms. The average molecular weight is 697 g/mol. The van der Waals surface area contributed by atoms with Gasteiger partial charge in [-0.05, 0) is 49.0 Å². The fraction of sp³-hybridized carbons (Fsp3) is 0.632. The van der Waals surface area contributed by atoms with Crippen molar-refractivity contribution in [3.63, 3.8) is 0 Å². The number of rotatable bonds is 17. The van der Waals surface area contributed by atoms with Gasteiger partial charge in [-0.1, -0.05) is 71.9 Å². The van der Waals surface area contributed by atoms with Gasteiger partial charge in [-0.3, -0.25) is 33.7 Å². The molecular formula is C38H56N4O8. The van der Waals surface area contributed by atoms with Crippen LogP contribution in [0.1, 0.15) is 85.6 Å². The van der Waals surface area contributed by atoms with Crippen molar-refractivity contribution in [3.05, 3.63) is 47.7 Å². The lowest BCUT2D eigenvalue weighted by atomic mass is 9.99. The summed E-state index contributed by atoms with van der Waals surface area (Å²) in [6, 6.07) is 7.53. The zero-order valence-corrected chi connectivity index (χ0v) is 31.0. The molecule has 1 fully saturated rings. The smallest absolute Gasteiger partial charge is 0.306 e. The molecule has 1 unspecified atom stereocenters. The predicted molar refractivity (Wildman–Crippen MR) is 188 cm³/mol. The first-order valence-corrected chi connectivity index (χ1v) is 17.9. The molecule has 0 aromatic heterocycles. The monoisotopic (exact) mass is 696 g/mol. The molecule has 1 aromatic carbocycles. The molecule has 12 heteroatoms. The van der Waals surface area contributed by atoms with E-state index in [-0.39, 0.29) is 41.9 Å². The largest absolute Gasteiger partial charge is 0.499 e. The molecule has 5 amide bonds. The molecule has 4 atom stereocenters. The van der Waals surface area contributed by atoms with Crippen molar-refractivity contribution in [1.29, 1.82) is 0 Å². The van der Waals surface area contributed by atoms with Crippen molar-refractivity contribution in [1.82, 2.24) is 20.0 Å². The number of benzene rings is 1. The predicted octanol–water partition coefficient (Wildman–Crippen LogP) is 3.87. The third kappa shape index (κ3) is 10.4. The quantitative estimate of drug-likeness (QED) is 0.191. The van der Waals surface area contributed by atoms with Crippen LogP contribution in [0.4, 0.5) is 0 Å². The Balaban J connectivity index is 1.51. The van der Waals surface area contributed by atoms with E-state index in [9.17, 15) is 28.8 Å². The van der Waals surface area contributed by atoms with E-state index in [2.05, 4.69) is 5.32 Å². The number of unbranched alkanes of at least 4 members (excludes halogenated alkanes) is 1. The minimum Gasteiger partial charge on any atom is -0.499 e. The summed E-state index contributed by atoms with van der Waals surface area (Å²) >= 11 is 0. The van der Waals surface area contributed by atoms with Gasteiger partial charge in [0.15, 0.2) is 6.10 Å². The second-order valence-corrected chi connectivity index (χ2v) is 14.4. The summed E-state index contributed by atoms with van der Waals surface area (Å²) in [6.07, 6.45) is 2.99. The summed E-state index contributed by atoms with van der Waals surface area (Å²) in [7, 11) is 3.11. The topological polar surface area (TPSA) is 143 Å². The van der Waals surface area contributed by atoms with Gasteiger partial charge in [0.05, 0.1) is 7.11 Å². The second kappa shape index (κ2) is 18.7. The summed E-state index contributed by atoms with van der Waals surface area (Å²) in [4.78, 5) is 83.4. The number of hydrogen-bond donors (Lipinski definition) is 1. The summed E-state index contributed by atoms with van der Waals surface area (Å²) in [6.45, 7) is 12.0. The molecule has 276 valence electrons. The number of methoxy groups -OCH3 is 1. The maximum atomic E-state index is 13.7. The molecule has 1 aromatic rings. The second-order valence-electron chi connectivity index (χ2n) is 14.4. The molecule has 12 nitrogen and oxygen atoms in total. The highest BCUT2D eigenvalue weighted by molar-refractivity contribution is 6.06. The number of hydrogen-bond acceptors (Lipinski definition) is 8. The van der Waals surface area contributed by atoms with Crippen molar-refractivity contribution in [3.8, 4) is 0 Å². The van der Waals surface area contributed by atoms with Crippen LogP contribution in [0.15, 0.2) is 42.2 Å². The third-order valence-electron chi connectivity index (χ3n) is 9.22. The van der Waals surface area contributed by atoms with Gasteiger partial charge in [0, 0.05) is 45.5 Å². The number of esters is 1. The van der Waals surface area contributed by atoms with Gasteiger partial charge >= 0.3 is 5.97 Å². The lowest BCUT2D eigenvalue weighted by molar-refractivity contribution is -0.166. The maximum Gasteiger partial charge on any atom is 0.306 e. The molecule has 0 radical (unpaired) electrons. The van der Waals surface area contributed by atoms with Crippen molar-refractivity contribution < 1.29 is 38.2 Å². The Morgan fingerprint density at radius 2 is 1.64 bits per heavy atom. The standard InChI is InChI=1S/C38H56N4O8/c1-24(2)21-31(43)40(7)34(25(3)4)37(47)41-20-14-17-28(41)36(46)39-19-13-12-18-33(45)50-35(26(5)6)38(48)42-29(30(49-8)23-32(42)44)22-27-15-10-9-11-16-27/h9-11,15-16,23-26,28-29,34-35H,12-14,17-22H2,1-8H3,(H,39,46)/t28-,29-,34-,35?/m0/s1. The average Bonchev–Trinajstić information content (AvgIpc) is 3.67. The molecule has 0 saturated carbocycles. The fourth-order valence-electron chi connectivity index (χ4n) is 6.61. The minimum absolute atomic E-state index is 0.0240. The third-order valence-corrected chi connectivity index (χ3v) is 9.22. The number of ether oxygens (including phenoxy) is 2. The molecule has 2 heterocycles. The van der Waals surface area contributed by atoms with Crippen LogP contribution < -0.4 is 5.32 Å². The van der Waals surface area contributed by atoms with E-state index in [1.807, 2.05) is 58.0 Å². The molecule has 0 aliphatic carbocycles. The number of nitrogens with one attached hydrogen (secondary N) is 1. The van der Waals surface area contributed by atoms with Crippen LogP contribution in [-0.4, -0.2) is 102 Å². The number of amides is 5. The van der Waals surface area contributed by atoms with Gasteiger partial charge in [0.2, 0.25) is 17.7 Å². The molecule has 0 spiro atoms. The van der Waals surface area contributed by atoms with Crippen LogP contribution in [0.3, 0.4) is 0 Å². The molecular weight excluding hydrogens is 640 g/mol. The van der Waals surface area contributed by atoms with Gasteiger partial charge in [-0.25, -0.2) is 0 Å². The molecule has 50 heavy (non-hydrogen) atoms. The van der Waals surface area contributed by atoms with Crippen LogP contribution >= 0.6 is 0 Å². The van der Waals surface area contributed by atoms with Crippen LogP contribution in [0.2, 0.25) is 0 Å². The SMILES string of the molecule is COC1=CC(=O)N(C(=O)C(OC(=O)CCCCNC(=O)[C@@H]2CCCN2C(=O)[C@H](C(C)C)N(C)C(=O)CC(C)C)C(C)C)[C@H]1Cc1ccccc1. The lowest BCUT2D eigenvalue weighted by Crippen LogP contribution is -2.55. The highest BCUT2D eigenvalue weighted by Crippen LogP contribution is 2.27. The maximum absolute atomic E-state index is 13.7. The van der Waals surface area contributed by atoms with E-state index in [1.54, 1.807) is 25.8 Å². The van der Waals surface area contributed by atoms with Crippen LogP contribution in [0.25, 0.3) is 0 Å². The highest BCUT2D eigenvalue weighted by atomic mass is 16.5. The van der Waals surface area contributed by atoms with Gasteiger partial charge < -0.3 is 24.6 Å². The Morgan fingerprint density at radius 1 is 0.960 bits per heavy atom. The highest BCUT2D eigenvalue weighted by Gasteiger charge is 2.43. The first-order chi connectivity index (χ1) is 23.7. The molecule has 2 aliphatic heterocycles. The van der Waals surface area contributed by atoms with Crippen LogP contribution in [-0.2, 0) is 44.7 Å². The normalized spacial score (nSPS) is 18.7. The summed E-state index contributed by atoms with van der Waals surface area (Å²) in [5.41, 5.74) is 0.923. The minimum atomic E-state index is -1.16. The number of likely N-dealkylation sites (tertiary alicyclic amines) is 1. The Kier molecular flexibility index (Phi) is 15.0. The van der Waals surface area contributed by atoms with E-state index < -0.39 is 42.0 Å². The van der Waals surface area contributed by atoms with E-state index in [4.69, 9.17) is 9.47 Å². The fourth-order valence-corrected chi connectivity index (χ4v) is 6.61. The number of nitrogens with zero attached hydrogens (tertiary/aromatic N) is 3. The molecule has 3 rings (SSSR count). The van der Waals surface area contributed by atoms with Gasteiger partial charge in [0.1, 0.15) is 23.9 Å². The number of imide groups is 1. The van der Waals surface area contributed by atoms with E-state index in [0.717, 1.165) is 10.5 Å². The summed E-state index contributed by atoms with van der Waals surface area (Å²) in [5.74, 6) is -2.22. The van der Waals surface area contributed by atoms with E-state index in [0.29, 0.717) is 57.4 Å². The van der Waals surface area contributed by atoms with Crippen molar-refractivity contribution in [2.24, 2.45) is 17.8 Å². The molecule has 1 saturated heterocycles. The van der Waals surface area contributed by atoms with Gasteiger partial charge in [0.25, 0.3) is 11.8 Å². The first-order valence-electron chi connectivity index (χ1n) is 17.9. The Labute approximate surface area is 296 Å². The van der Waals surface area contributed by atoms with Crippen molar-refractivity contribution in [2.45, 2.75) is 111 Å². The van der Waals surface area contributed by atoms with Crippen molar-refractivity contribution >= 4 is 35.5 Å². The number of likely N-dealkylation sites (N-methyl/N-ethyl adjacent to an activating group) is 1. The molecule has 1 N–H and O–H groups in total. The summed E-state index contributed by atoms with van der Waals surface area (Å²) < 4.78 is 11.1. The Morgan fingerprint density at radius 3 is 2.24 bits per heavy atom. The van der Waals surface area contributed by atoms with E-state index in [1.165, 1.54) is 18.1 Å². The first kappa shape index (κ1) is 40.2. The number of carbonyl (C=O) groups is 6. The summed E-state index contributed by atoms with van der Waals surface area (Å²) in [5, 5.41) is 2.90. The van der Waals surface area contributed by atoms with E-state index >= 15 is 0 Å². The van der Waals surface area contributed by atoms with Crippen molar-refractivity contribution in [2.75, 3.05) is 27.2 Å². The zero-order valence-electron chi connectivity index (χ0n) is 31.0. The van der Waals surface area contributed by atoms with Gasteiger partial charge in [-0.2, -0.15) is 0 Å².